The first-order chi connectivity index (χ1) is 4.40. The van der Waals surface area contributed by atoms with Gasteiger partial charge in [-0.1, -0.05) is 39.3 Å². The number of hydrogen-bond donors (Lipinski definition) is 1. The Kier molecular flexibility index (Phi) is 1.44. The second-order valence-corrected chi connectivity index (χ2v) is 4.32. The second-order valence-electron chi connectivity index (χ2n) is 4.32. The van der Waals surface area contributed by atoms with E-state index >= 15 is 0 Å². The van der Waals surface area contributed by atoms with Gasteiger partial charge in [-0.05, 0) is 0 Å². The summed E-state index contributed by atoms with van der Waals surface area (Å²) < 4.78 is 0. The van der Waals surface area contributed by atoms with Crippen molar-refractivity contribution in [1.29, 1.82) is 0 Å². The van der Waals surface area contributed by atoms with Crippen LogP contribution < -0.4 is 0 Å². The minimum absolute atomic E-state index is 0.00347. The Balaban J connectivity index is 2.62. The average Bonchev–Trinajstić information content (AvgIpc) is 2.41. The van der Waals surface area contributed by atoms with E-state index in [4.69, 9.17) is 5.11 Å². The first-order valence-electron chi connectivity index (χ1n) is 3.75. The molecule has 58 valence electrons. The van der Waals surface area contributed by atoms with Crippen LogP contribution in [-0.4, -0.2) is 11.7 Å². The molecule has 1 rings (SSSR count). The summed E-state index contributed by atoms with van der Waals surface area (Å²) in [7, 11) is 0. The van der Waals surface area contributed by atoms with Crippen molar-refractivity contribution in [2.24, 2.45) is 10.8 Å². The summed E-state index contributed by atoms with van der Waals surface area (Å²) in [6, 6.07) is 0. The molecular formula is C9H16O. The van der Waals surface area contributed by atoms with Gasteiger partial charge in [-0.2, -0.15) is 0 Å². The minimum Gasteiger partial charge on any atom is -0.395 e. The minimum atomic E-state index is 0.00347. The third kappa shape index (κ3) is 1.10. The van der Waals surface area contributed by atoms with Crippen LogP contribution in [0.5, 0.6) is 0 Å². The van der Waals surface area contributed by atoms with Crippen molar-refractivity contribution < 1.29 is 5.11 Å². The highest BCUT2D eigenvalue weighted by Gasteiger charge is 2.42. The molecular weight excluding hydrogens is 124 g/mol. The van der Waals surface area contributed by atoms with Gasteiger partial charge in [0.15, 0.2) is 0 Å². The third-order valence-corrected chi connectivity index (χ3v) is 2.24. The summed E-state index contributed by atoms with van der Waals surface area (Å²) in [5.41, 5.74) is 1.68. The fourth-order valence-electron chi connectivity index (χ4n) is 1.48. The normalized spacial score (nSPS) is 22.3. The van der Waals surface area contributed by atoms with Crippen LogP contribution in [-0.2, 0) is 0 Å². The number of allylic oxidation sites excluding steroid dienone is 1. The maximum atomic E-state index is 9.00. The van der Waals surface area contributed by atoms with Crippen LogP contribution in [0.3, 0.4) is 0 Å². The number of hydrogen-bond acceptors (Lipinski definition) is 1. The predicted octanol–water partition coefficient (Wildman–Crippen LogP) is 1.97. The van der Waals surface area contributed by atoms with Gasteiger partial charge in [0, 0.05) is 10.8 Å². The van der Waals surface area contributed by atoms with Gasteiger partial charge < -0.3 is 5.11 Å². The van der Waals surface area contributed by atoms with Crippen LogP contribution in [0.2, 0.25) is 0 Å². The first-order valence-corrected chi connectivity index (χ1v) is 3.75. The van der Waals surface area contributed by atoms with E-state index in [1.807, 2.05) is 0 Å². The largest absolute Gasteiger partial charge is 0.395 e. The molecule has 1 heteroatoms. The molecule has 1 nitrogen and oxygen atoms in total. The van der Waals surface area contributed by atoms with E-state index in [1.165, 1.54) is 5.57 Å². The van der Waals surface area contributed by atoms with E-state index in [0.29, 0.717) is 0 Å². The standard InChI is InChI=1S/C9H16O/c1-8(2)5-7(8)9(3,4)6-10/h5,10H,6H2,1-4H3. The fourth-order valence-corrected chi connectivity index (χ4v) is 1.48. The Labute approximate surface area is 62.8 Å². The summed E-state index contributed by atoms with van der Waals surface area (Å²) >= 11 is 0. The van der Waals surface area contributed by atoms with Crippen molar-refractivity contribution in [2.75, 3.05) is 6.61 Å². The lowest BCUT2D eigenvalue weighted by molar-refractivity contribution is 0.186. The van der Waals surface area contributed by atoms with Crippen molar-refractivity contribution in [3.05, 3.63) is 11.6 Å². The molecule has 0 bridgehead atoms. The van der Waals surface area contributed by atoms with Crippen LogP contribution in [0.15, 0.2) is 11.6 Å². The summed E-state index contributed by atoms with van der Waals surface area (Å²) in [5.74, 6) is 0. The Hall–Kier alpha value is -0.300. The molecule has 1 N–H and O–H groups in total. The zero-order chi connectivity index (χ0) is 7.99. The maximum absolute atomic E-state index is 9.00. The molecule has 1 aliphatic carbocycles. The van der Waals surface area contributed by atoms with Gasteiger partial charge in [0.2, 0.25) is 0 Å². The summed E-state index contributed by atoms with van der Waals surface area (Å²) in [4.78, 5) is 0. The summed E-state index contributed by atoms with van der Waals surface area (Å²) in [5, 5.41) is 9.00. The molecule has 0 aromatic rings. The number of aliphatic hydroxyl groups is 1. The molecule has 0 saturated heterocycles. The van der Waals surface area contributed by atoms with Gasteiger partial charge in [0.25, 0.3) is 0 Å². The van der Waals surface area contributed by atoms with Crippen LogP contribution in [0.1, 0.15) is 27.7 Å². The monoisotopic (exact) mass is 140 g/mol. The van der Waals surface area contributed by atoms with Gasteiger partial charge in [-0.3, -0.25) is 0 Å². The molecule has 0 saturated carbocycles. The lowest BCUT2D eigenvalue weighted by Gasteiger charge is -2.22. The molecule has 10 heavy (non-hydrogen) atoms. The Morgan fingerprint density at radius 1 is 1.50 bits per heavy atom. The van der Waals surface area contributed by atoms with E-state index in [2.05, 4.69) is 33.8 Å². The highest BCUT2D eigenvalue weighted by molar-refractivity contribution is 5.40. The van der Waals surface area contributed by atoms with Crippen molar-refractivity contribution in [3.8, 4) is 0 Å². The van der Waals surface area contributed by atoms with Gasteiger partial charge in [0.1, 0.15) is 0 Å². The summed E-state index contributed by atoms with van der Waals surface area (Å²) in [6.07, 6.45) is 2.23. The zero-order valence-corrected chi connectivity index (χ0v) is 7.23. The Morgan fingerprint density at radius 3 is 2.00 bits per heavy atom. The fraction of sp³-hybridized carbons (Fsp3) is 0.778. The average molecular weight is 140 g/mol. The molecule has 0 fully saturated rings. The first kappa shape index (κ1) is 7.80. The second kappa shape index (κ2) is 1.85. The van der Waals surface area contributed by atoms with Crippen LogP contribution in [0.25, 0.3) is 0 Å². The van der Waals surface area contributed by atoms with Gasteiger partial charge in [0.05, 0.1) is 6.61 Å². The molecule has 0 radical (unpaired) electrons. The molecule has 0 aromatic heterocycles. The molecule has 0 heterocycles. The Bertz CT molecular complexity index is 175. The SMILES string of the molecule is CC1(C)C=C1C(C)(C)CO. The quantitative estimate of drug-likeness (QED) is 0.581. The number of aliphatic hydroxyl groups excluding tert-OH is 1. The topological polar surface area (TPSA) is 20.2 Å². The predicted molar refractivity (Wildman–Crippen MR) is 42.7 cm³/mol. The van der Waals surface area contributed by atoms with E-state index < -0.39 is 0 Å². The lowest BCUT2D eigenvalue weighted by Crippen LogP contribution is -2.18. The molecule has 0 atom stereocenters. The van der Waals surface area contributed by atoms with Gasteiger partial charge in [-0.15, -0.1) is 0 Å². The highest BCUT2D eigenvalue weighted by Crippen LogP contribution is 2.52. The maximum Gasteiger partial charge on any atom is 0.0519 e. The van der Waals surface area contributed by atoms with E-state index in [0.717, 1.165) is 0 Å². The van der Waals surface area contributed by atoms with Crippen molar-refractivity contribution in [1.82, 2.24) is 0 Å². The molecule has 0 aliphatic heterocycles. The van der Waals surface area contributed by atoms with Gasteiger partial charge in [-0.25, -0.2) is 0 Å². The molecule has 0 aromatic carbocycles. The van der Waals surface area contributed by atoms with E-state index in [1.54, 1.807) is 0 Å². The lowest BCUT2D eigenvalue weighted by atomic mass is 9.85. The zero-order valence-electron chi connectivity index (χ0n) is 7.23. The van der Waals surface area contributed by atoms with Crippen LogP contribution in [0, 0.1) is 10.8 Å². The van der Waals surface area contributed by atoms with Gasteiger partial charge >= 0.3 is 0 Å². The van der Waals surface area contributed by atoms with Crippen molar-refractivity contribution >= 4 is 0 Å². The highest BCUT2D eigenvalue weighted by atomic mass is 16.3. The third-order valence-electron chi connectivity index (χ3n) is 2.24. The molecule has 1 aliphatic rings. The Morgan fingerprint density at radius 2 is 1.90 bits per heavy atom. The van der Waals surface area contributed by atoms with Crippen LogP contribution >= 0.6 is 0 Å². The number of rotatable bonds is 2. The molecule has 0 unspecified atom stereocenters. The smallest absolute Gasteiger partial charge is 0.0519 e. The van der Waals surface area contributed by atoms with Crippen LogP contribution in [0.4, 0.5) is 0 Å². The molecule has 0 amide bonds. The molecule has 0 spiro atoms. The summed E-state index contributed by atoms with van der Waals surface area (Å²) in [6.45, 7) is 8.77. The van der Waals surface area contributed by atoms with Crippen molar-refractivity contribution in [3.63, 3.8) is 0 Å². The van der Waals surface area contributed by atoms with Crippen molar-refractivity contribution in [2.45, 2.75) is 27.7 Å². The van der Waals surface area contributed by atoms with E-state index in [-0.39, 0.29) is 17.4 Å². The van der Waals surface area contributed by atoms with E-state index in [9.17, 15) is 0 Å².